The molecule has 29 heavy (non-hydrogen) atoms. The zero-order valence-corrected chi connectivity index (χ0v) is 15.5. The summed E-state index contributed by atoms with van der Waals surface area (Å²) in [7, 11) is 2.97. The number of ether oxygens (including phenoxy) is 3. The van der Waals surface area contributed by atoms with Crippen molar-refractivity contribution >= 4 is 5.78 Å². The van der Waals surface area contributed by atoms with Crippen LogP contribution in [-0.2, 0) is 6.18 Å². The zero-order valence-electron chi connectivity index (χ0n) is 15.5. The predicted molar refractivity (Wildman–Crippen MR) is 98.7 cm³/mol. The molecule has 0 aliphatic carbocycles. The first kappa shape index (κ1) is 20.2. The number of pyridine rings is 1. The summed E-state index contributed by atoms with van der Waals surface area (Å²) < 4.78 is 53.6. The molecule has 3 aromatic rings. The van der Waals surface area contributed by atoms with Gasteiger partial charge in [0.1, 0.15) is 5.75 Å². The average Bonchev–Trinajstić information content (AvgIpc) is 2.73. The topological polar surface area (TPSA) is 57.7 Å². The number of alkyl halides is 3. The number of hydrogen-bond donors (Lipinski definition) is 0. The molecule has 0 unspecified atom stereocenters. The van der Waals surface area contributed by atoms with Crippen LogP contribution in [0.25, 0.3) is 0 Å². The van der Waals surface area contributed by atoms with E-state index in [-0.39, 0.29) is 17.4 Å². The number of hydrogen-bond acceptors (Lipinski definition) is 5. The lowest BCUT2D eigenvalue weighted by Crippen LogP contribution is -2.04. The van der Waals surface area contributed by atoms with Gasteiger partial charge in [-0.15, -0.1) is 0 Å². The highest BCUT2D eigenvalue weighted by Gasteiger charge is 2.30. The number of rotatable bonds is 6. The van der Waals surface area contributed by atoms with Gasteiger partial charge in [-0.25, -0.2) is 4.98 Å². The summed E-state index contributed by atoms with van der Waals surface area (Å²) in [6.45, 7) is 0. The van der Waals surface area contributed by atoms with Gasteiger partial charge in [-0.1, -0.05) is 0 Å². The van der Waals surface area contributed by atoms with Crippen molar-refractivity contribution in [2.75, 3.05) is 14.2 Å². The number of nitrogens with zero attached hydrogens (tertiary/aromatic N) is 1. The molecule has 1 aromatic heterocycles. The second-order valence-electron chi connectivity index (χ2n) is 5.91. The molecule has 150 valence electrons. The summed E-state index contributed by atoms with van der Waals surface area (Å²) in [5, 5.41) is 0. The van der Waals surface area contributed by atoms with E-state index in [1.54, 1.807) is 18.2 Å². The minimum absolute atomic E-state index is 0.147. The van der Waals surface area contributed by atoms with E-state index in [4.69, 9.17) is 14.2 Å². The van der Waals surface area contributed by atoms with Crippen molar-refractivity contribution in [1.29, 1.82) is 0 Å². The van der Waals surface area contributed by atoms with Crippen LogP contribution in [0.1, 0.15) is 21.5 Å². The van der Waals surface area contributed by atoms with Crippen molar-refractivity contribution in [1.82, 2.24) is 4.98 Å². The molecule has 0 aliphatic rings. The van der Waals surface area contributed by atoms with Crippen LogP contribution in [0.5, 0.6) is 23.1 Å². The van der Waals surface area contributed by atoms with Crippen molar-refractivity contribution in [2.24, 2.45) is 0 Å². The Labute approximate surface area is 164 Å². The molecule has 0 amide bonds. The van der Waals surface area contributed by atoms with Gasteiger partial charge in [0.15, 0.2) is 17.3 Å². The maximum absolute atomic E-state index is 12.6. The van der Waals surface area contributed by atoms with E-state index in [2.05, 4.69) is 4.98 Å². The Morgan fingerprint density at radius 2 is 1.52 bits per heavy atom. The van der Waals surface area contributed by atoms with Gasteiger partial charge in [0.05, 0.1) is 19.8 Å². The van der Waals surface area contributed by atoms with E-state index in [0.29, 0.717) is 22.6 Å². The Hall–Kier alpha value is -3.55. The fraction of sp³-hybridized carbons (Fsp3) is 0.143. The molecule has 0 radical (unpaired) electrons. The Morgan fingerprint density at radius 3 is 2.07 bits per heavy atom. The van der Waals surface area contributed by atoms with E-state index in [0.717, 1.165) is 12.1 Å². The maximum atomic E-state index is 12.6. The molecule has 3 rings (SSSR count). The van der Waals surface area contributed by atoms with Crippen LogP contribution in [0.4, 0.5) is 13.2 Å². The third kappa shape index (κ3) is 4.66. The number of methoxy groups -OCH3 is 2. The third-order valence-corrected chi connectivity index (χ3v) is 4.05. The fourth-order valence-corrected chi connectivity index (χ4v) is 2.55. The Kier molecular flexibility index (Phi) is 5.72. The lowest BCUT2D eigenvalue weighted by Gasteiger charge is -2.10. The summed E-state index contributed by atoms with van der Waals surface area (Å²) >= 11 is 0. The predicted octanol–water partition coefficient (Wildman–Crippen LogP) is 5.14. The molecule has 1 heterocycles. The highest BCUT2D eigenvalue weighted by Crippen LogP contribution is 2.31. The van der Waals surface area contributed by atoms with Gasteiger partial charge in [-0.3, -0.25) is 4.79 Å². The molecule has 0 saturated heterocycles. The first-order chi connectivity index (χ1) is 13.8. The molecule has 0 spiro atoms. The molecule has 8 heteroatoms. The van der Waals surface area contributed by atoms with Crippen LogP contribution in [0.15, 0.2) is 60.8 Å². The summed E-state index contributed by atoms with van der Waals surface area (Å²) in [6, 6.07) is 12.0. The number of carbonyl (C=O) groups is 1. The van der Waals surface area contributed by atoms with Crippen LogP contribution in [0.3, 0.4) is 0 Å². The molecule has 2 aromatic carbocycles. The second-order valence-corrected chi connectivity index (χ2v) is 5.91. The smallest absolute Gasteiger partial charge is 0.416 e. The van der Waals surface area contributed by atoms with E-state index in [1.165, 1.54) is 44.7 Å². The van der Waals surface area contributed by atoms with Crippen LogP contribution in [-0.4, -0.2) is 25.0 Å². The van der Waals surface area contributed by atoms with Gasteiger partial charge >= 0.3 is 6.18 Å². The standard InChI is InChI=1S/C21H16F3NO4/c1-27-17-9-3-13(11-18(17)28-2)20(26)14-4-10-19(25-12-14)29-16-7-5-15(6-8-16)21(22,23)24/h3-12H,1-2H3. The summed E-state index contributed by atoms with van der Waals surface area (Å²) in [6.07, 6.45) is -3.08. The van der Waals surface area contributed by atoms with Crippen molar-refractivity contribution in [3.63, 3.8) is 0 Å². The molecular formula is C21H16F3NO4. The zero-order chi connectivity index (χ0) is 21.0. The highest BCUT2D eigenvalue weighted by molar-refractivity contribution is 6.09. The largest absolute Gasteiger partial charge is 0.493 e. The molecular weight excluding hydrogens is 387 g/mol. The first-order valence-corrected chi connectivity index (χ1v) is 8.39. The van der Waals surface area contributed by atoms with E-state index < -0.39 is 11.7 Å². The third-order valence-electron chi connectivity index (χ3n) is 4.05. The summed E-state index contributed by atoms with van der Waals surface area (Å²) in [4.78, 5) is 16.7. The van der Waals surface area contributed by atoms with E-state index in [1.807, 2.05) is 0 Å². The van der Waals surface area contributed by atoms with Crippen LogP contribution in [0, 0.1) is 0 Å². The van der Waals surface area contributed by atoms with Crippen LogP contribution >= 0.6 is 0 Å². The maximum Gasteiger partial charge on any atom is 0.416 e. The van der Waals surface area contributed by atoms with Gasteiger partial charge in [0.2, 0.25) is 5.88 Å². The van der Waals surface area contributed by atoms with Crippen LogP contribution < -0.4 is 14.2 Å². The van der Waals surface area contributed by atoms with Gasteiger partial charge < -0.3 is 14.2 Å². The van der Waals surface area contributed by atoms with Gasteiger partial charge in [-0.05, 0) is 48.5 Å². The molecule has 0 atom stereocenters. The SMILES string of the molecule is COc1ccc(C(=O)c2ccc(Oc3ccc(C(F)(F)F)cc3)nc2)cc1OC. The van der Waals surface area contributed by atoms with E-state index >= 15 is 0 Å². The number of ketones is 1. The number of carbonyl (C=O) groups excluding carboxylic acids is 1. The molecule has 0 N–H and O–H groups in total. The lowest BCUT2D eigenvalue weighted by atomic mass is 10.0. The Balaban J connectivity index is 1.74. The van der Waals surface area contributed by atoms with Crippen LogP contribution in [0.2, 0.25) is 0 Å². The molecule has 0 saturated carbocycles. The number of halogens is 3. The molecule has 0 aliphatic heterocycles. The minimum atomic E-state index is -4.41. The Bertz CT molecular complexity index is 1000. The first-order valence-electron chi connectivity index (χ1n) is 8.39. The van der Waals surface area contributed by atoms with Gasteiger partial charge in [0.25, 0.3) is 0 Å². The molecule has 5 nitrogen and oxygen atoms in total. The molecule has 0 bridgehead atoms. The highest BCUT2D eigenvalue weighted by atomic mass is 19.4. The summed E-state index contributed by atoms with van der Waals surface area (Å²) in [5.41, 5.74) is -0.0634. The summed E-state index contributed by atoms with van der Waals surface area (Å²) in [5.74, 6) is 0.994. The monoisotopic (exact) mass is 403 g/mol. The minimum Gasteiger partial charge on any atom is -0.493 e. The molecule has 0 fully saturated rings. The van der Waals surface area contributed by atoms with E-state index in [9.17, 15) is 18.0 Å². The van der Waals surface area contributed by atoms with Crippen molar-refractivity contribution in [3.05, 3.63) is 77.5 Å². The van der Waals surface area contributed by atoms with Gasteiger partial charge in [-0.2, -0.15) is 13.2 Å². The van der Waals surface area contributed by atoms with Crippen molar-refractivity contribution in [2.45, 2.75) is 6.18 Å². The second kappa shape index (κ2) is 8.22. The number of aromatic nitrogens is 1. The quantitative estimate of drug-likeness (QED) is 0.534. The fourth-order valence-electron chi connectivity index (χ4n) is 2.55. The lowest BCUT2D eigenvalue weighted by molar-refractivity contribution is -0.137. The van der Waals surface area contributed by atoms with Gasteiger partial charge in [0, 0.05) is 23.4 Å². The number of benzene rings is 2. The van der Waals surface area contributed by atoms with Crippen molar-refractivity contribution < 1.29 is 32.2 Å². The normalized spacial score (nSPS) is 11.1. The Morgan fingerprint density at radius 1 is 0.862 bits per heavy atom. The average molecular weight is 403 g/mol. The van der Waals surface area contributed by atoms with Crippen molar-refractivity contribution in [3.8, 4) is 23.1 Å².